The lowest BCUT2D eigenvalue weighted by Gasteiger charge is -2.28. The van der Waals surface area contributed by atoms with Crippen molar-refractivity contribution in [2.75, 3.05) is 18.8 Å². The Morgan fingerprint density at radius 1 is 1.12 bits per heavy atom. The highest BCUT2D eigenvalue weighted by Gasteiger charge is 2.44. The fraction of sp³-hybridized carbons (Fsp3) is 0.800. The molecule has 2 aliphatic rings. The maximum absolute atomic E-state index is 6.40. The van der Waals surface area contributed by atoms with Crippen molar-refractivity contribution in [1.29, 1.82) is 0 Å². The minimum Gasteiger partial charge on any atom is -0.389 e. The highest BCUT2D eigenvalue weighted by atomic mass is 35.5. The molecule has 0 radical (unpaired) electrons. The molecule has 1 aromatic heterocycles. The largest absolute Gasteiger partial charge is 0.389 e. The molecule has 0 spiro atoms. The first-order valence-electron chi connectivity index (χ1n) is 9.96. The third-order valence-corrected chi connectivity index (χ3v) is 7.81. The number of anilines is 1. The van der Waals surface area contributed by atoms with Crippen molar-refractivity contribution in [3.63, 3.8) is 0 Å². The molecule has 2 nitrogen and oxygen atoms in total. The monoisotopic (exact) mass is 368 g/mol. The van der Waals surface area contributed by atoms with Crippen LogP contribution in [0.3, 0.4) is 0 Å². The Bertz CT molecular complexity index is 542. The van der Waals surface area contributed by atoms with Crippen molar-refractivity contribution in [2.45, 2.75) is 83.6 Å². The molecule has 0 aromatic carbocycles. The lowest BCUT2D eigenvalue weighted by molar-refractivity contribution is 0.201. The predicted octanol–water partition coefficient (Wildman–Crippen LogP) is 6.08. The first kappa shape index (κ1) is 18.5. The van der Waals surface area contributed by atoms with Crippen LogP contribution in [0.5, 0.6) is 0 Å². The fourth-order valence-electron chi connectivity index (χ4n) is 4.70. The highest BCUT2D eigenvalue weighted by molar-refractivity contribution is 7.17. The molecule has 3 unspecified atom stereocenters. The zero-order chi connectivity index (χ0) is 17.1. The molecule has 1 aromatic rings. The van der Waals surface area contributed by atoms with E-state index >= 15 is 0 Å². The molecule has 1 aliphatic carbocycles. The lowest BCUT2D eigenvalue weighted by atomic mass is 10.0. The Hall–Kier alpha value is -0.250. The van der Waals surface area contributed by atoms with Gasteiger partial charge in [0.1, 0.15) is 5.00 Å². The Morgan fingerprint density at radius 2 is 1.88 bits per heavy atom. The van der Waals surface area contributed by atoms with E-state index in [1.807, 2.05) is 0 Å². The number of halogens is 1. The van der Waals surface area contributed by atoms with Gasteiger partial charge in [0, 0.05) is 29.9 Å². The summed E-state index contributed by atoms with van der Waals surface area (Å²) in [7, 11) is 0. The number of unbranched alkanes of at least 4 members (excludes halogenated alkanes) is 4. The van der Waals surface area contributed by atoms with Crippen LogP contribution in [0.15, 0.2) is 0 Å². The summed E-state index contributed by atoms with van der Waals surface area (Å²) < 4.78 is 0. The molecule has 24 heavy (non-hydrogen) atoms. The number of likely N-dealkylation sites (tertiary alicyclic amines) is 1. The van der Waals surface area contributed by atoms with E-state index in [-0.39, 0.29) is 0 Å². The van der Waals surface area contributed by atoms with Crippen LogP contribution in [-0.2, 0) is 6.42 Å². The van der Waals surface area contributed by atoms with E-state index in [0.717, 1.165) is 28.4 Å². The summed E-state index contributed by atoms with van der Waals surface area (Å²) in [5, 5.41) is 1.69. The van der Waals surface area contributed by atoms with Crippen molar-refractivity contribution in [1.82, 2.24) is 4.90 Å². The highest BCUT2D eigenvalue weighted by Crippen LogP contribution is 2.52. The SMILES string of the molecule is CCCCCCC(CCCC)N1CC2Cc3c(sc(N)c3Cl)C2C1. The van der Waals surface area contributed by atoms with Gasteiger partial charge in [-0.2, -0.15) is 0 Å². The van der Waals surface area contributed by atoms with Gasteiger partial charge in [-0.25, -0.2) is 0 Å². The normalized spacial score (nSPS) is 24.3. The Kier molecular flexibility index (Phi) is 6.50. The zero-order valence-corrected chi connectivity index (χ0v) is 16.9. The number of hydrogen-bond donors (Lipinski definition) is 1. The van der Waals surface area contributed by atoms with E-state index < -0.39 is 0 Å². The molecule has 0 bridgehead atoms. The maximum atomic E-state index is 6.40. The van der Waals surface area contributed by atoms with Gasteiger partial charge in [-0.05, 0) is 30.7 Å². The molecule has 4 heteroatoms. The predicted molar refractivity (Wildman–Crippen MR) is 107 cm³/mol. The Balaban J connectivity index is 1.61. The number of hydrogen-bond acceptors (Lipinski definition) is 3. The lowest BCUT2D eigenvalue weighted by Crippen LogP contribution is -2.34. The molecule has 1 aliphatic heterocycles. The van der Waals surface area contributed by atoms with Crippen LogP contribution in [0, 0.1) is 5.92 Å². The van der Waals surface area contributed by atoms with Gasteiger partial charge >= 0.3 is 0 Å². The minimum absolute atomic E-state index is 0.694. The van der Waals surface area contributed by atoms with Crippen molar-refractivity contribution < 1.29 is 0 Å². The quantitative estimate of drug-likeness (QED) is 0.535. The van der Waals surface area contributed by atoms with Gasteiger partial charge in [0.2, 0.25) is 0 Å². The molecular formula is C20H33ClN2S. The zero-order valence-electron chi connectivity index (χ0n) is 15.3. The first-order chi connectivity index (χ1) is 11.7. The van der Waals surface area contributed by atoms with E-state index in [0.29, 0.717) is 5.92 Å². The maximum Gasteiger partial charge on any atom is 0.105 e. The Morgan fingerprint density at radius 3 is 2.62 bits per heavy atom. The van der Waals surface area contributed by atoms with E-state index in [2.05, 4.69) is 18.7 Å². The second-order valence-corrected chi connectivity index (χ2v) is 9.25. The van der Waals surface area contributed by atoms with E-state index in [1.54, 1.807) is 11.3 Å². The minimum atomic E-state index is 0.694. The number of nitrogens with two attached hydrogens (primary N) is 1. The first-order valence-corrected chi connectivity index (χ1v) is 11.2. The number of nitrogens with zero attached hydrogens (tertiary/aromatic N) is 1. The third kappa shape index (κ3) is 3.78. The van der Waals surface area contributed by atoms with Gasteiger partial charge in [0.15, 0.2) is 0 Å². The van der Waals surface area contributed by atoms with Gasteiger partial charge in [-0.1, -0.05) is 64.0 Å². The summed E-state index contributed by atoms with van der Waals surface area (Å²) in [4.78, 5) is 4.31. The van der Waals surface area contributed by atoms with E-state index in [1.165, 1.54) is 74.9 Å². The summed E-state index contributed by atoms with van der Waals surface area (Å²) in [6, 6.07) is 0.795. The van der Waals surface area contributed by atoms with E-state index in [9.17, 15) is 0 Å². The number of nitrogen functional groups attached to an aromatic ring is 1. The van der Waals surface area contributed by atoms with Crippen molar-refractivity contribution in [3.8, 4) is 0 Å². The van der Waals surface area contributed by atoms with Crippen molar-refractivity contribution in [3.05, 3.63) is 15.5 Å². The molecule has 2 heterocycles. The summed E-state index contributed by atoms with van der Waals surface area (Å²) in [6.45, 7) is 7.11. The van der Waals surface area contributed by atoms with Gasteiger partial charge < -0.3 is 5.73 Å². The van der Waals surface area contributed by atoms with Crippen LogP contribution >= 0.6 is 22.9 Å². The van der Waals surface area contributed by atoms with Crippen LogP contribution in [0.25, 0.3) is 0 Å². The molecule has 3 atom stereocenters. The molecule has 1 saturated heterocycles. The second kappa shape index (κ2) is 8.42. The molecular weight excluding hydrogens is 336 g/mol. The van der Waals surface area contributed by atoms with Crippen LogP contribution in [0.1, 0.15) is 81.6 Å². The summed E-state index contributed by atoms with van der Waals surface area (Å²) >= 11 is 8.16. The standard InChI is InChI=1S/C20H33ClN2S/c1-3-5-7-8-10-15(9-6-4-2)23-12-14-11-16-18(21)20(22)24-19(16)17(14)13-23/h14-15,17H,3-13,22H2,1-2H3. The van der Waals surface area contributed by atoms with Gasteiger partial charge in [0.05, 0.1) is 5.02 Å². The number of rotatable bonds is 9. The molecule has 2 N–H and O–H groups in total. The Labute approximate surface area is 156 Å². The van der Waals surface area contributed by atoms with Crippen LogP contribution in [0.2, 0.25) is 5.02 Å². The molecule has 0 amide bonds. The average Bonchev–Trinajstić information content (AvgIpc) is 3.20. The van der Waals surface area contributed by atoms with Gasteiger partial charge in [0.25, 0.3) is 0 Å². The van der Waals surface area contributed by atoms with Gasteiger partial charge in [-0.3, -0.25) is 4.90 Å². The topological polar surface area (TPSA) is 29.3 Å². The summed E-state index contributed by atoms with van der Waals surface area (Å²) in [5.41, 5.74) is 7.44. The summed E-state index contributed by atoms with van der Waals surface area (Å²) in [6.07, 6.45) is 12.1. The molecule has 0 saturated carbocycles. The summed E-state index contributed by atoms with van der Waals surface area (Å²) in [5.74, 6) is 1.48. The van der Waals surface area contributed by atoms with Crippen LogP contribution in [0.4, 0.5) is 5.00 Å². The van der Waals surface area contributed by atoms with E-state index in [4.69, 9.17) is 17.3 Å². The fourth-order valence-corrected chi connectivity index (χ4v) is 6.22. The van der Waals surface area contributed by atoms with Crippen molar-refractivity contribution in [2.24, 2.45) is 5.92 Å². The molecule has 1 fully saturated rings. The average molecular weight is 369 g/mol. The molecule has 3 rings (SSSR count). The van der Waals surface area contributed by atoms with Gasteiger partial charge in [-0.15, -0.1) is 11.3 Å². The van der Waals surface area contributed by atoms with Crippen LogP contribution < -0.4 is 5.73 Å². The second-order valence-electron chi connectivity index (χ2n) is 7.79. The van der Waals surface area contributed by atoms with Crippen molar-refractivity contribution >= 4 is 27.9 Å². The van der Waals surface area contributed by atoms with Crippen LogP contribution in [-0.4, -0.2) is 24.0 Å². The number of fused-ring (bicyclic) bond motifs is 3. The smallest absolute Gasteiger partial charge is 0.105 e. The molecule has 136 valence electrons. The number of thiophene rings is 1. The third-order valence-electron chi connectivity index (χ3n) is 6.07.